The maximum absolute atomic E-state index is 13.6. The van der Waals surface area contributed by atoms with Crippen molar-refractivity contribution in [3.8, 4) is 0 Å². The van der Waals surface area contributed by atoms with E-state index in [0.717, 1.165) is 30.8 Å². The Kier molecular flexibility index (Phi) is 7.36. The molecule has 1 N–H and O–H groups in total. The van der Waals surface area contributed by atoms with E-state index in [1.54, 1.807) is 18.3 Å². The Bertz CT molecular complexity index is 907. The van der Waals surface area contributed by atoms with Gasteiger partial charge in [0.15, 0.2) is 5.11 Å². The van der Waals surface area contributed by atoms with Crippen molar-refractivity contribution in [2.45, 2.75) is 39.3 Å². The molecule has 4 nitrogen and oxygen atoms in total. The van der Waals surface area contributed by atoms with Gasteiger partial charge in [0.1, 0.15) is 5.82 Å². The Labute approximate surface area is 177 Å². The molecular weight excluding hydrogens is 383 g/mol. The smallest absolute Gasteiger partial charge is 0.173 e. The number of halogens is 1. The molecule has 0 amide bonds. The van der Waals surface area contributed by atoms with Gasteiger partial charge in [-0.1, -0.05) is 38.1 Å². The van der Waals surface area contributed by atoms with Crippen molar-refractivity contribution in [1.82, 2.24) is 14.5 Å². The van der Waals surface area contributed by atoms with Gasteiger partial charge in [0.05, 0.1) is 6.33 Å². The molecule has 0 aliphatic heterocycles. The number of hydrogen-bond donors (Lipinski definition) is 1. The Morgan fingerprint density at radius 1 is 1.21 bits per heavy atom. The number of nitrogens with one attached hydrogen (secondary N) is 1. The van der Waals surface area contributed by atoms with Gasteiger partial charge < -0.3 is 14.8 Å². The number of aromatic nitrogens is 2. The fourth-order valence-corrected chi connectivity index (χ4v) is 3.40. The molecular formula is C23H27FN4S. The first-order chi connectivity index (χ1) is 14.0. The topological polar surface area (TPSA) is 33.1 Å². The molecule has 2 aromatic carbocycles. The molecule has 0 atom stereocenters. The Morgan fingerprint density at radius 2 is 2.00 bits per heavy atom. The minimum absolute atomic E-state index is 0.232. The maximum atomic E-state index is 13.6. The van der Waals surface area contributed by atoms with Crippen LogP contribution in [0.15, 0.2) is 67.3 Å². The molecule has 6 heteroatoms. The van der Waals surface area contributed by atoms with Crippen LogP contribution < -0.4 is 5.32 Å². The molecule has 0 aliphatic rings. The maximum Gasteiger partial charge on any atom is 0.173 e. The minimum atomic E-state index is -0.232. The highest BCUT2D eigenvalue weighted by atomic mass is 32.1. The van der Waals surface area contributed by atoms with Crippen molar-refractivity contribution in [3.63, 3.8) is 0 Å². The summed E-state index contributed by atoms with van der Waals surface area (Å²) in [5, 5.41) is 3.97. The van der Waals surface area contributed by atoms with Gasteiger partial charge >= 0.3 is 0 Å². The summed E-state index contributed by atoms with van der Waals surface area (Å²) in [6.07, 6.45) is 6.44. The number of imidazole rings is 1. The quantitative estimate of drug-likeness (QED) is 0.502. The molecule has 1 heterocycles. The van der Waals surface area contributed by atoms with E-state index in [-0.39, 0.29) is 5.82 Å². The zero-order chi connectivity index (χ0) is 20.6. The van der Waals surface area contributed by atoms with Crippen molar-refractivity contribution in [3.05, 3.63) is 84.2 Å². The number of rotatable bonds is 8. The van der Waals surface area contributed by atoms with E-state index in [9.17, 15) is 4.39 Å². The van der Waals surface area contributed by atoms with Gasteiger partial charge in [0.25, 0.3) is 0 Å². The zero-order valence-electron chi connectivity index (χ0n) is 16.9. The van der Waals surface area contributed by atoms with Gasteiger partial charge in [-0.3, -0.25) is 0 Å². The monoisotopic (exact) mass is 410 g/mol. The number of anilines is 1. The third-order valence-electron chi connectivity index (χ3n) is 4.78. The van der Waals surface area contributed by atoms with Crippen LogP contribution >= 0.6 is 12.2 Å². The first kappa shape index (κ1) is 21.0. The highest BCUT2D eigenvalue weighted by Gasteiger charge is 2.12. The van der Waals surface area contributed by atoms with E-state index in [1.807, 2.05) is 35.3 Å². The normalized spacial score (nSPS) is 10.9. The summed E-state index contributed by atoms with van der Waals surface area (Å²) in [6, 6.07) is 15.0. The molecule has 3 rings (SSSR count). The number of thiocarbonyl (C=S) groups is 1. The Hall–Kier alpha value is -2.73. The van der Waals surface area contributed by atoms with Crippen LogP contribution in [-0.4, -0.2) is 26.1 Å². The third kappa shape index (κ3) is 6.39. The van der Waals surface area contributed by atoms with E-state index in [0.29, 0.717) is 17.6 Å². The summed E-state index contributed by atoms with van der Waals surface area (Å²) in [5.41, 5.74) is 3.14. The number of hydrogen-bond acceptors (Lipinski definition) is 2. The average molecular weight is 411 g/mol. The lowest BCUT2D eigenvalue weighted by Crippen LogP contribution is -2.35. The summed E-state index contributed by atoms with van der Waals surface area (Å²) in [5.74, 6) is 0.257. The summed E-state index contributed by atoms with van der Waals surface area (Å²) in [6.45, 7) is 6.51. The van der Waals surface area contributed by atoms with Crippen LogP contribution in [0.25, 0.3) is 0 Å². The summed E-state index contributed by atoms with van der Waals surface area (Å²) in [4.78, 5) is 6.16. The van der Waals surface area contributed by atoms with Crippen LogP contribution in [-0.2, 0) is 13.1 Å². The van der Waals surface area contributed by atoms with Crippen molar-refractivity contribution in [2.75, 3.05) is 11.9 Å². The second-order valence-corrected chi connectivity index (χ2v) is 7.80. The molecule has 152 valence electrons. The lowest BCUT2D eigenvalue weighted by Gasteiger charge is -2.26. The van der Waals surface area contributed by atoms with E-state index >= 15 is 0 Å². The summed E-state index contributed by atoms with van der Waals surface area (Å²) < 4.78 is 15.7. The number of benzene rings is 2. The first-order valence-corrected chi connectivity index (χ1v) is 10.3. The largest absolute Gasteiger partial charge is 0.345 e. The van der Waals surface area contributed by atoms with Gasteiger partial charge in [-0.25, -0.2) is 9.37 Å². The second kappa shape index (κ2) is 10.2. The van der Waals surface area contributed by atoms with Gasteiger partial charge in [0, 0.05) is 37.7 Å². The van der Waals surface area contributed by atoms with Gasteiger partial charge in [-0.05, 0) is 59.9 Å². The SMILES string of the molecule is CC(C)c1ccc(NC(=S)N(CCCn2ccnc2)Cc2cccc(F)c2)cc1. The van der Waals surface area contributed by atoms with Crippen LogP contribution in [0.1, 0.15) is 37.3 Å². The van der Waals surface area contributed by atoms with E-state index in [4.69, 9.17) is 12.2 Å². The Morgan fingerprint density at radius 3 is 2.66 bits per heavy atom. The standard InChI is InChI=1S/C23H27FN4S/c1-18(2)20-7-9-22(10-8-20)26-23(29)28(13-4-12-27-14-11-25-17-27)16-19-5-3-6-21(24)15-19/h3,5-11,14-15,17-18H,4,12-13,16H2,1-2H3,(H,26,29). The Balaban J connectivity index is 1.67. The fourth-order valence-electron chi connectivity index (χ4n) is 3.13. The van der Waals surface area contributed by atoms with Crippen molar-refractivity contribution >= 4 is 23.0 Å². The fraction of sp³-hybridized carbons (Fsp3) is 0.304. The number of nitrogens with zero attached hydrogens (tertiary/aromatic N) is 3. The second-order valence-electron chi connectivity index (χ2n) is 7.41. The van der Waals surface area contributed by atoms with Crippen molar-refractivity contribution < 1.29 is 4.39 Å². The molecule has 3 aromatic rings. The lowest BCUT2D eigenvalue weighted by atomic mass is 10.0. The number of aryl methyl sites for hydroxylation is 1. The molecule has 1 aromatic heterocycles. The molecule has 29 heavy (non-hydrogen) atoms. The highest BCUT2D eigenvalue weighted by Crippen LogP contribution is 2.18. The highest BCUT2D eigenvalue weighted by molar-refractivity contribution is 7.80. The van der Waals surface area contributed by atoms with Crippen LogP contribution in [0.3, 0.4) is 0 Å². The summed E-state index contributed by atoms with van der Waals surface area (Å²) in [7, 11) is 0. The molecule has 0 fully saturated rings. The van der Waals surface area contributed by atoms with E-state index in [1.165, 1.54) is 11.6 Å². The van der Waals surface area contributed by atoms with Crippen molar-refractivity contribution in [2.24, 2.45) is 0 Å². The predicted octanol–water partition coefficient (Wildman–Crippen LogP) is 5.43. The van der Waals surface area contributed by atoms with Crippen LogP contribution in [0, 0.1) is 5.82 Å². The zero-order valence-corrected chi connectivity index (χ0v) is 17.7. The molecule has 0 bridgehead atoms. The van der Waals surface area contributed by atoms with Gasteiger partial charge in [-0.2, -0.15) is 0 Å². The molecule has 0 aliphatic carbocycles. The molecule has 0 saturated heterocycles. The minimum Gasteiger partial charge on any atom is -0.345 e. The van der Waals surface area contributed by atoms with Crippen LogP contribution in [0.2, 0.25) is 0 Å². The van der Waals surface area contributed by atoms with Crippen molar-refractivity contribution in [1.29, 1.82) is 0 Å². The molecule has 0 spiro atoms. The van der Waals surface area contributed by atoms with Gasteiger partial charge in [-0.15, -0.1) is 0 Å². The van der Waals surface area contributed by atoms with Crippen LogP contribution in [0.5, 0.6) is 0 Å². The van der Waals surface area contributed by atoms with E-state index in [2.05, 4.69) is 41.2 Å². The average Bonchev–Trinajstić information content (AvgIpc) is 3.21. The van der Waals surface area contributed by atoms with E-state index < -0.39 is 0 Å². The molecule has 0 radical (unpaired) electrons. The molecule has 0 unspecified atom stereocenters. The van der Waals surface area contributed by atoms with Crippen LogP contribution in [0.4, 0.5) is 10.1 Å². The lowest BCUT2D eigenvalue weighted by molar-refractivity contribution is 0.395. The third-order valence-corrected chi connectivity index (χ3v) is 5.14. The first-order valence-electron chi connectivity index (χ1n) is 9.87. The molecule has 0 saturated carbocycles. The van der Waals surface area contributed by atoms with Gasteiger partial charge in [0.2, 0.25) is 0 Å². The predicted molar refractivity (Wildman–Crippen MR) is 120 cm³/mol. The summed E-state index contributed by atoms with van der Waals surface area (Å²) >= 11 is 5.69.